The number of carboxylic acid groups (broad SMARTS) is 1. The van der Waals surface area contributed by atoms with E-state index < -0.39 is 19.4 Å². The lowest BCUT2D eigenvalue weighted by atomic mass is 10.2. The summed E-state index contributed by atoms with van der Waals surface area (Å²) in [4.78, 5) is 20.2. The Kier molecular flexibility index (Phi) is 4.24. The van der Waals surface area contributed by atoms with Crippen LogP contribution in [0.5, 0.6) is 0 Å². The third-order valence-electron chi connectivity index (χ3n) is 2.22. The average molecular weight is 243 g/mol. The van der Waals surface area contributed by atoms with E-state index in [1.807, 2.05) is 0 Å². The van der Waals surface area contributed by atoms with Gasteiger partial charge in [-0.3, -0.25) is 9.36 Å². The largest absolute Gasteiger partial charge is 0.480 e. The van der Waals surface area contributed by atoms with Crippen molar-refractivity contribution < 1.29 is 19.4 Å². The van der Waals surface area contributed by atoms with E-state index in [-0.39, 0.29) is 12.6 Å². The fourth-order valence-electron chi connectivity index (χ4n) is 1.23. The first kappa shape index (κ1) is 12.9. The molecule has 6 heteroatoms. The van der Waals surface area contributed by atoms with Crippen molar-refractivity contribution in [1.82, 2.24) is 0 Å². The molecule has 0 amide bonds. The van der Waals surface area contributed by atoms with Crippen LogP contribution in [0.4, 0.5) is 0 Å². The number of hydrogen-bond acceptors (Lipinski definition) is 3. The van der Waals surface area contributed by atoms with Gasteiger partial charge in [-0.05, 0) is 18.6 Å². The van der Waals surface area contributed by atoms with Crippen molar-refractivity contribution in [3.8, 4) is 0 Å². The Hall–Kier alpha value is -1.16. The number of benzene rings is 1. The monoisotopic (exact) mass is 243 g/mol. The highest BCUT2D eigenvalue weighted by atomic mass is 31.2. The molecule has 0 radical (unpaired) electrons. The van der Waals surface area contributed by atoms with Crippen molar-refractivity contribution in [3.63, 3.8) is 0 Å². The highest BCUT2D eigenvalue weighted by Crippen LogP contribution is 2.39. The normalized spacial score (nSPS) is 16.4. The molecule has 0 bridgehead atoms. The SMILES string of the molecule is N[C@@H](CCP(=O)(O)c1ccccc1)C(=O)O. The Bertz CT molecular complexity index is 407. The topological polar surface area (TPSA) is 101 Å². The summed E-state index contributed by atoms with van der Waals surface area (Å²) >= 11 is 0. The summed E-state index contributed by atoms with van der Waals surface area (Å²) in [5.74, 6) is -1.16. The maximum absolute atomic E-state index is 11.8. The van der Waals surface area contributed by atoms with E-state index in [1.54, 1.807) is 30.3 Å². The van der Waals surface area contributed by atoms with E-state index in [9.17, 15) is 14.3 Å². The van der Waals surface area contributed by atoms with Gasteiger partial charge in [0.2, 0.25) is 7.37 Å². The molecule has 0 aliphatic rings. The molecule has 0 heterocycles. The number of rotatable bonds is 5. The van der Waals surface area contributed by atoms with Gasteiger partial charge in [0.05, 0.1) is 0 Å². The van der Waals surface area contributed by atoms with Crippen LogP contribution in [0.2, 0.25) is 0 Å². The van der Waals surface area contributed by atoms with Crippen LogP contribution < -0.4 is 11.0 Å². The first-order valence-corrected chi connectivity index (χ1v) is 6.64. The van der Waals surface area contributed by atoms with Crippen LogP contribution in [0, 0.1) is 0 Å². The molecule has 16 heavy (non-hydrogen) atoms. The average Bonchev–Trinajstić information content (AvgIpc) is 2.27. The van der Waals surface area contributed by atoms with Gasteiger partial charge in [0.15, 0.2) is 0 Å². The summed E-state index contributed by atoms with van der Waals surface area (Å²) < 4.78 is 11.8. The van der Waals surface area contributed by atoms with Gasteiger partial charge >= 0.3 is 5.97 Å². The molecule has 0 aliphatic heterocycles. The molecular formula is C10H14NO4P. The molecule has 2 atom stereocenters. The molecule has 1 rings (SSSR count). The Morgan fingerprint density at radius 2 is 1.94 bits per heavy atom. The minimum atomic E-state index is -3.48. The lowest BCUT2D eigenvalue weighted by Gasteiger charge is -2.13. The van der Waals surface area contributed by atoms with Crippen LogP contribution in [-0.2, 0) is 9.36 Å². The number of nitrogens with two attached hydrogens (primary N) is 1. The van der Waals surface area contributed by atoms with Crippen LogP contribution in [-0.4, -0.2) is 28.2 Å². The number of carbonyl (C=O) groups is 1. The summed E-state index contributed by atoms with van der Waals surface area (Å²) in [5, 5.41) is 8.88. The van der Waals surface area contributed by atoms with Gasteiger partial charge in [-0.25, -0.2) is 0 Å². The second-order valence-corrected chi connectivity index (χ2v) is 5.86. The van der Waals surface area contributed by atoms with Gasteiger partial charge in [0.25, 0.3) is 0 Å². The van der Waals surface area contributed by atoms with Gasteiger partial charge in [-0.15, -0.1) is 0 Å². The highest BCUT2D eigenvalue weighted by Gasteiger charge is 2.23. The highest BCUT2D eigenvalue weighted by molar-refractivity contribution is 7.66. The van der Waals surface area contributed by atoms with E-state index in [0.717, 1.165) is 0 Å². The molecule has 1 aromatic rings. The number of carboxylic acids is 1. The summed E-state index contributed by atoms with van der Waals surface area (Å²) in [6.07, 6.45) is -0.136. The molecule has 88 valence electrons. The molecular weight excluding hydrogens is 229 g/mol. The standard InChI is InChI=1S/C10H14NO4P/c11-9(10(12)13)6-7-16(14,15)8-4-2-1-3-5-8/h1-5,9H,6-7,11H2,(H,12,13)(H,14,15)/t9-/m0/s1. The van der Waals surface area contributed by atoms with Crippen LogP contribution in [0.15, 0.2) is 30.3 Å². The molecule has 0 saturated carbocycles. The van der Waals surface area contributed by atoms with Crippen molar-refractivity contribution in [2.75, 3.05) is 6.16 Å². The van der Waals surface area contributed by atoms with E-state index in [4.69, 9.17) is 10.8 Å². The Balaban J connectivity index is 2.67. The summed E-state index contributed by atoms with van der Waals surface area (Å²) in [6, 6.07) is 7.07. The van der Waals surface area contributed by atoms with Crippen LogP contribution >= 0.6 is 7.37 Å². The minimum Gasteiger partial charge on any atom is -0.480 e. The van der Waals surface area contributed by atoms with Gasteiger partial charge < -0.3 is 15.7 Å². The van der Waals surface area contributed by atoms with Crippen molar-refractivity contribution >= 4 is 18.6 Å². The van der Waals surface area contributed by atoms with Gasteiger partial charge in [0, 0.05) is 11.5 Å². The molecule has 0 aromatic heterocycles. The summed E-state index contributed by atoms with van der Waals surface area (Å²) in [6.45, 7) is 0. The second-order valence-electron chi connectivity index (χ2n) is 3.49. The third-order valence-corrected chi connectivity index (χ3v) is 4.19. The molecule has 0 fully saturated rings. The van der Waals surface area contributed by atoms with Gasteiger partial charge in [-0.1, -0.05) is 18.2 Å². The Labute approximate surface area is 93.4 Å². The fraction of sp³-hybridized carbons (Fsp3) is 0.300. The zero-order valence-electron chi connectivity index (χ0n) is 8.61. The lowest BCUT2D eigenvalue weighted by Crippen LogP contribution is -2.31. The Morgan fingerprint density at radius 1 is 1.38 bits per heavy atom. The maximum Gasteiger partial charge on any atom is 0.320 e. The fourth-order valence-corrected chi connectivity index (χ4v) is 2.75. The van der Waals surface area contributed by atoms with Gasteiger partial charge in [-0.2, -0.15) is 0 Å². The predicted molar refractivity (Wildman–Crippen MR) is 61.0 cm³/mol. The number of aliphatic carboxylic acids is 1. The van der Waals surface area contributed by atoms with Crippen LogP contribution in [0.25, 0.3) is 0 Å². The van der Waals surface area contributed by atoms with E-state index in [0.29, 0.717) is 5.30 Å². The second kappa shape index (κ2) is 5.25. The first-order valence-electron chi connectivity index (χ1n) is 4.79. The van der Waals surface area contributed by atoms with E-state index >= 15 is 0 Å². The summed E-state index contributed by atoms with van der Waals surface area (Å²) in [5.41, 5.74) is 5.27. The van der Waals surface area contributed by atoms with Crippen molar-refractivity contribution in [2.45, 2.75) is 12.5 Å². The molecule has 5 nitrogen and oxygen atoms in total. The molecule has 1 unspecified atom stereocenters. The minimum absolute atomic E-state index is 0.0159. The molecule has 1 aromatic carbocycles. The predicted octanol–water partition coefficient (Wildman–Crippen LogP) is 0.384. The van der Waals surface area contributed by atoms with Crippen molar-refractivity contribution in [3.05, 3.63) is 30.3 Å². The first-order chi connectivity index (χ1) is 7.43. The van der Waals surface area contributed by atoms with Crippen LogP contribution in [0.1, 0.15) is 6.42 Å². The molecule has 0 saturated heterocycles. The number of hydrogen-bond donors (Lipinski definition) is 3. The Morgan fingerprint density at radius 3 is 2.44 bits per heavy atom. The quantitative estimate of drug-likeness (QED) is 0.649. The van der Waals surface area contributed by atoms with Gasteiger partial charge in [0.1, 0.15) is 6.04 Å². The molecule has 0 spiro atoms. The third kappa shape index (κ3) is 3.45. The van der Waals surface area contributed by atoms with E-state index in [1.165, 1.54) is 0 Å². The summed E-state index contributed by atoms with van der Waals surface area (Å²) in [7, 11) is -3.48. The van der Waals surface area contributed by atoms with Crippen molar-refractivity contribution in [2.24, 2.45) is 5.73 Å². The zero-order chi connectivity index (χ0) is 12.2. The smallest absolute Gasteiger partial charge is 0.320 e. The van der Waals surface area contributed by atoms with Crippen molar-refractivity contribution in [1.29, 1.82) is 0 Å². The lowest BCUT2D eigenvalue weighted by molar-refractivity contribution is -0.138. The maximum atomic E-state index is 11.8. The zero-order valence-corrected chi connectivity index (χ0v) is 9.51. The molecule has 4 N–H and O–H groups in total. The molecule has 0 aliphatic carbocycles. The van der Waals surface area contributed by atoms with E-state index in [2.05, 4.69) is 0 Å². The van der Waals surface area contributed by atoms with Crippen LogP contribution in [0.3, 0.4) is 0 Å².